The summed E-state index contributed by atoms with van der Waals surface area (Å²) in [5.41, 5.74) is -2.25. The van der Waals surface area contributed by atoms with Crippen LogP contribution in [-0.2, 0) is 31.4 Å². The van der Waals surface area contributed by atoms with Gasteiger partial charge in [-0.1, -0.05) is 12.1 Å². The molecule has 0 amide bonds. The maximum Gasteiger partial charge on any atom is 0.416 e. The van der Waals surface area contributed by atoms with Gasteiger partial charge in [-0.25, -0.2) is 4.39 Å². The zero-order valence-corrected chi connectivity index (χ0v) is 20.3. The second-order valence-electron chi connectivity index (χ2n) is 9.26. The number of carbonyl (C=O) groups excluding carboxylic acids is 1. The van der Waals surface area contributed by atoms with Crippen LogP contribution in [0.3, 0.4) is 0 Å². The molecule has 2 aromatic rings. The van der Waals surface area contributed by atoms with Crippen LogP contribution >= 0.6 is 0 Å². The second-order valence-corrected chi connectivity index (χ2v) is 9.26. The molecule has 38 heavy (non-hydrogen) atoms. The third-order valence-corrected chi connectivity index (χ3v) is 6.63. The molecular weight excluding hydrogens is 523 g/mol. The number of carbonyl (C=O) groups is 1. The fraction of sp³-hybridized carbons (Fsp3) is 0.423. The number of nitrogens with zero attached hydrogens (tertiary/aromatic N) is 1. The van der Waals surface area contributed by atoms with Crippen LogP contribution in [0.2, 0.25) is 0 Å². The number of alkyl halides is 6. The summed E-state index contributed by atoms with van der Waals surface area (Å²) >= 11 is 0. The number of likely N-dealkylation sites (tertiary alicyclic amines) is 1. The molecule has 5 nitrogen and oxygen atoms in total. The molecule has 3 atom stereocenters. The van der Waals surface area contributed by atoms with Crippen molar-refractivity contribution in [3.8, 4) is 0 Å². The number of benzene rings is 2. The van der Waals surface area contributed by atoms with Gasteiger partial charge in [0.2, 0.25) is 0 Å². The number of fused-ring (bicyclic) bond motifs is 1. The lowest BCUT2D eigenvalue weighted by molar-refractivity contribution is -0.144. The number of hydrogen-bond donors (Lipinski definition) is 0. The van der Waals surface area contributed by atoms with Gasteiger partial charge in [0, 0.05) is 30.5 Å². The van der Waals surface area contributed by atoms with Crippen molar-refractivity contribution in [3.63, 3.8) is 0 Å². The summed E-state index contributed by atoms with van der Waals surface area (Å²) in [5.74, 6) is -1.36. The van der Waals surface area contributed by atoms with Crippen LogP contribution in [0.25, 0.3) is 5.57 Å². The molecule has 0 aromatic heterocycles. The monoisotopic (exact) mass is 547 g/mol. The lowest BCUT2D eigenvalue weighted by atomic mass is 9.84. The van der Waals surface area contributed by atoms with Gasteiger partial charge < -0.3 is 14.2 Å². The normalized spacial score (nSPS) is 21.1. The van der Waals surface area contributed by atoms with Gasteiger partial charge in [0.1, 0.15) is 11.9 Å². The predicted octanol–water partition coefficient (Wildman–Crippen LogP) is 6.06. The zero-order valence-electron chi connectivity index (χ0n) is 20.3. The van der Waals surface area contributed by atoms with Gasteiger partial charge in [0.05, 0.1) is 31.4 Å². The van der Waals surface area contributed by atoms with Gasteiger partial charge in [0.15, 0.2) is 0 Å². The molecule has 0 radical (unpaired) electrons. The molecule has 0 N–H and O–H groups in total. The molecule has 4 rings (SSSR count). The third kappa shape index (κ3) is 6.06. The van der Waals surface area contributed by atoms with E-state index in [1.54, 1.807) is 0 Å². The maximum atomic E-state index is 13.6. The fourth-order valence-corrected chi connectivity index (χ4v) is 4.75. The second kappa shape index (κ2) is 10.5. The van der Waals surface area contributed by atoms with E-state index in [4.69, 9.17) is 14.2 Å². The van der Waals surface area contributed by atoms with Crippen molar-refractivity contribution in [2.45, 2.75) is 25.4 Å². The van der Waals surface area contributed by atoms with Crippen molar-refractivity contribution in [2.75, 3.05) is 33.4 Å². The van der Waals surface area contributed by atoms with Crippen molar-refractivity contribution < 1.29 is 49.7 Å². The van der Waals surface area contributed by atoms with Crippen molar-refractivity contribution in [2.24, 2.45) is 11.8 Å². The summed E-state index contributed by atoms with van der Waals surface area (Å²) < 4.78 is 110. The van der Waals surface area contributed by atoms with Gasteiger partial charge in [-0.15, -0.1) is 0 Å². The van der Waals surface area contributed by atoms with Crippen LogP contribution in [0.5, 0.6) is 0 Å². The van der Waals surface area contributed by atoms with E-state index in [-0.39, 0.29) is 42.6 Å². The Hall–Kier alpha value is -3.28. The van der Waals surface area contributed by atoms with Crippen molar-refractivity contribution in [3.05, 3.63) is 76.5 Å². The molecule has 0 unspecified atom stereocenters. The Morgan fingerprint density at radius 3 is 2.18 bits per heavy atom. The molecule has 1 fully saturated rings. The highest BCUT2D eigenvalue weighted by Gasteiger charge is 2.43. The third-order valence-electron chi connectivity index (χ3n) is 6.63. The minimum atomic E-state index is -5.00. The Balaban J connectivity index is 1.71. The highest BCUT2D eigenvalue weighted by Crippen LogP contribution is 2.44. The highest BCUT2D eigenvalue weighted by atomic mass is 19.4. The Morgan fingerprint density at radius 2 is 1.63 bits per heavy atom. The smallest absolute Gasteiger partial charge is 0.416 e. The molecule has 0 aliphatic carbocycles. The first kappa shape index (κ1) is 27.7. The Labute approximate surface area is 213 Å². The standard InChI is InChI=1S/C26H24F7NO4/c1-14(16-7-18(25(28,29)30)9-19(8-16)26(31,32)33)38-24-23(15-3-5-20(27)6-4-15)21-11-34(12-22(35)36-2)10-17(21)13-37-24/h3-9,14,17,21H,10-13H2,1-2H3/t14-,17+,21-/m1/s1. The summed E-state index contributed by atoms with van der Waals surface area (Å²) in [7, 11) is 1.27. The van der Waals surface area contributed by atoms with Gasteiger partial charge >= 0.3 is 18.3 Å². The molecule has 2 aliphatic rings. The number of rotatable bonds is 6. The summed E-state index contributed by atoms with van der Waals surface area (Å²) in [5, 5.41) is 0. The molecule has 2 aromatic carbocycles. The van der Waals surface area contributed by atoms with Crippen molar-refractivity contribution >= 4 is 11.5 Å². The van der Waals surface area contributed by atoms with Crippen LogP contribution in [0.4, 0.5) is 30.7 Å². The van der Waals surface area contributed by atoms with Crippen molar-refractivity contribution in [1.29, 1.82) is 0 Å². The SMILES string of the molecule is COC(=O)CN1C[C@H]2COC(O[C@H](C)c3cc(C(F)(F)F)cc(C(F)(F)F)c3)=C(c3ccc(F)cc3)[C@@H]2C1. The number of ether oxygens (including phenoxy) is 3. The van der Waals surface area contributed by atoms with Crippen LogP contribution in [0.1, 0.15) is 35.3 Å². The molecule has 2 heterocycles. The average molecular weight is 547 g/mol. The van der Waals surface area contributed by atoms with E-state index < -0.39 is 41.4 Å². The fourth-order valence-electron chi connectivity index (χ4n) is 4.75. The van der Waals surface area contributed by atoms with E-state index in [2.05, 4.69) is 0 Å². The van der Waals surface area contributed by atoms with E-state index in [1.165, 1.54) is 38.3 Å². The van der Waals surface area contributed by atoms with Gasteiger partial charge in [0.25, 0.3) is 5.95 Å². The highest BCUT2D eigenvalue weighted by molar-refractivity contribution is 5.72. The first-order chi connectivity index (χ1) is 17.8. The molecule has 0 bridgehead atoms. The number of esters is 1. The first-order valence-corrected chi connectivity index (χ1v) is 11.6. The van der Waals surface area contributed by atoms with E-state index >= 15 is 0 Å². The van der Waals surface area contributed by atoms with Crippen LogP contribution < -0.4 is 0 Å². The molecule has 12 heteroatoms. The lowest BCUT2D eigenvalue weighted by Gasteiger charge is -2.32. The van der Waals surface area contributed by atoms with Crippen LogP contribution in [0, 0.1) is 17.7 Å². The number of halogens is 7. The Morgan fingerprint density at radius 1 is 1.03 bits per heavy atom. The van der Waals surface area contributed by atoms with Crippen LogP contribution in [0.15, 0.2) is 48.4 Å². The van der Waals surface area contributed by atoms with Gasteiger partial charge in [-0.3, -0.25) is 9.69 Å². The molecule has 0 spiro atoms. The summed E-state index contributed by atoms with van der Waals surface area (Å²) in [6.07, 6.45) is -11.3. The molecule has 2 aliphatic heterocycles. The predicted molar refractivity (Wildman–Crippen MR) is 121 cm³/mol. The van der Waals surface area contributed by atoms with Crippen molar-refractivity contribution in [1.82, 2.24) is 4.90 Å². The zero-order chi connectivity index (χ0) is 27.8. The quantitative estimate of drug-likeness (QED) is 0.325. The summed E-state index contributed by atoms with van der Waals surface area (Å²) in [6.45, 7) is 2.36. The molecular formula is C26H24F7NO4. The largest absolute Gasteiger partial charge is 0.468 e. The average Bonchev–Trinajstić information content (AvgIpc) is 3.25. The Bertz CT molecular complexity index is 1180. The summed E-state index contributed by atoms with van der Waals surface area (Å²) in [4.78, 5) is 13.6. The van der Waals surface area contributed by atoms with E-state index in [0.29, 0.717) is 36.4 Å². The maximum absolute atomic E-state index is 13.6. The van der Waals surface area contributed by atoms with Gasteiger partial charge in [-0.2, -0.15) is 26.3 Å². The minimum Gasteiger partial charge on any atom is -0.468 e. The summed E-state index contributed by atoms with van der Waals surface area (Å²) in [6, 6.07) is 6.68. The molecule has 206 valence electrons. The van der Waals surface area contributed by atoms with E-state index in [1.807, 2.05) is 4.90 Å². The lowest BCUT2D eigenvalue weighted by Crippen LogP contribution is -2.29. The molecule has 1 saturated heterocycles. The Kier molecular flexibility index (Phi) is 7.64. The van der Waals surface area contributed by atoms with E-state index in [9.17, 15) is 35.5 Å². The number of methoxy groups -OCH3 is 1. The molecule has 0 saturated carbocycles. The number of hydrogen-bond acceptors (Lipinski definition) is 5. The van der Waals surface area contributed by atoms with Crippen LogP contribution in [-0.4, -0.2) is 44.2 Å². The minimum absolute atomic E-state index is 0.0250. The topological polar surface area (TPSA) is 48.0 Å². The van der Waals surface area contributed by atoms with Gasteiger partial charge in [-0.05, 0) is 48.4 Å². The van der Waals surface area contributed by atoms with E-state index in [0.717, 1.165) is 0 Å². The first-order valence-electron chi connectivity index (χ1n) is 11.6.